The molecule has 3 rings (SSSR count). The first-order chi connectivity index (χ1) is 13.4. The Morgan fingerprint density at radius 1 is 1.04 bits per heavy atom. The molecule has 0 saturated carbocycles. The van der Waals surface area contributed by atoms with Crippen LogP contribution in [0.4, 0.5) is 0 Å². The molecule has 7 heteroatoms. The van der Waals surface area contributed by atoms with Crippen molar-refractivity contribution in [1.82, 2.24) is 4.90 Å². The maximum absolute atomic E-state index is 12.7. The number of rotatable bonds is 6. The highest BCUT2D eigenvalue weighted by Crippen LogP contribution is 2.36. The van der Waals surface area contributed by atoms with Crippen LogP contribution in [0.3, 0.4) is 0 Å². The van der Waals surface area contributed by atoms with Gasteiger partial charge >= 0.3 is 0 Å². The van der Waals surface area contributed by atoms with E-state index in [-0.39, 0.29) is 18.2 Å². The van der Waals surface area contributed by atoms with Crippen LogP contribution in [0.15, 0.2) is 48.5 Å². The molecule has 0 unspecified atom stereocenters. The lowest BCUT2D eigenvalue weighted by atomic mass is 9.76. The van der Waals surface area contributed by atoms with E-state index in [1.54, 1.807) is 41.3 Å². The first-order valence-electron chi connectivity index (χ1n) is 9.08. The first-order valence-corrected chi connectivity index (χ1v) is 9.84. The monoisotopic (exact) mass is 420 g/mol. The molecule has 5 nitrogen and oxygen atoms in total. The zero-order chi connectivity index (χ0) is 20.1. The molecule has 28 heavy (non-hydrogen) atoms. The van der Waals surface area contributed by atoms with Gasteiger partial charge in [-0.15, -0.1) is 0 Å². The van der Waals surface area contributed by atoms with E-state index in [1.807, 2.05) is 12.1 Å². The van der Waals surface area contributed by atoms with E-state index in [9.17, 15) is 9.59 Å². The van der Waals surface area contributed by atoms with Gasteiger partial charge in [-0.25, -0.2) is 0 Å². The maximum atomic E-state index is 12.7. The van der Waals surface area contributed by atoms with Crippen molar-refractivity contribution >= 4 is 35.0 Å². The number of carbonyl (C=O) groups is 2. The Labute approximate surface area is 174 Å². The van der Waals surface area contributed by atoms with E-state index in [0.717, 1.165) is 0 Å². The number of benzene rings is 2. The van der Waals surface area contributed by atoms with Gasteiger partial charge < -0.3 is 15.4 Å². The van der Waals surface area contributed by atoms with E-state index in [1.165, 1.54) is 0 Å². The molecule has 0 aromatic heterocycles. The summed E-state index contributed by atoms with van der Waals surface area (Å²) in [5.74, 6) is 0.212. The van der Waals surface area contributed by atoms with Gasteiger partial charge in [-0.3, -0.25) is 9.59 Å². The summed E-state index contributed by atoms with van der Waals surface area (Å²) in [6.07, 6.45) is 1.47. The van der Waals surface area contributed by atoms with E-state index >= 15 is 0 Å². The molecule has 1 saturated heterocycles. The Balaban J connectivity index is 1.67. The Morgan fingerprint density at radius 3 is 2.29 bits per heavy atom. The standard InChI is InChI=1S/C21H22Cl2N2O3/c22-16-4-1-3-15(11-16)20(27)25-9-7-21(8-10-25,13-19(24)26)14-28-18-6-2-5-17(23)12-18/h1-6,11-12H,7-10,13-14H2,(H2,24,26). The molecule has 148 valence electrons. The largest absolute Gasteiger partial charge is 0.493 e. The normalized spacial score (nSPS) is 15.9. The number of nitrogens with zero attached hydrogens (tertiary/aromatic N) is 1. The van der Waals surface area contributed by atoms with Crippen LogP contribution in [0.1, 0.15) is 29.6 Å². The van der Waals surface area contributed by atoms with Gasteiger partial charge in [0.1, 0.15) is 5.75 Å². The molecule has 2 aromatic carbocycles. The lowest BCUT2D eigenvalue weighted by Crippen LogP contribution is -2.47. The summed E-state index contributed by atoms with van der Waals surface area (Å²) in [4.78, 5) is 26.2. The predicted octanol–water partition coefficient (Wildman–Crippen LogP) is 4.17. The molecule has 2 aromatic rings. The van der Waals surface area contributed by atoms with Crippen LogP contribution in [0.5, 0.6) is 5.75 Å². The van der Waals surface area contributed by atoms with Crippen molar-refractivity contribution in [2.24, 2.45) is 11.1 Å². The third-order valence-electron chi connectivity index (χ3n) is 5.07. The summed E-state index contributed by atoms with van der Waals surface area (Å²) in [5.41, 5.74) is 5.65. The van der Waals surface area contributed by atoms with Crippen LogP contribution in [-0.4, -0.2) is 36.4 Å². The highest BCUT2D eigenvalue weighted by molar-refractivity contribution is 6.31. The van der Waals surface area contributed by atoms with Crippen LogP contribution in [0, 0.1) is 5.41 Å². The van der Waals surface area contributed by atoms with E-state index < -0.39 is 5.41 Å². The number of ether oxygens (including phenoxy) is 1. The second-order valence-electron chi connectivity index (χ2n) is 7.19. The Hall–Kier alpha value is -2.24. The van der Waals surface area contributed by atoms with Crippen LogP contribution >= 0.6 is 23.2 Å². The van der Waals surface area contributed by atoms with Crippen molar-refractivity contribution < 1.29 is 14.3 Å². The minimum Gasteiger partial charge on any atom is -0.493 e. The molecule has 0 spiro atoms. The molecule has 1 aliphatic rings. The third-order valence-corrected chi connectivity index (χ3v) is 5.54. The van der Waals surface area contributed by atoms with Gasteiger partial charge in [0.25, 0.3) is 5.91 Å². The zero-order valence-electron chi connectivity index (χ0n) is 15.4. The Kier molecular flexibility index (Phi) is 6.47. The molecular formula is C21H22Cl2N2O3. The zero-order valence-corrected chi connectivity index (χ0v) is 16.9. The summed E-state index contributed by atoms with van der Waals surface area (Å²) in [5, 5.41) is 1.12. The summed E-state index contributed by atoms with van der Waals surface area (Å²) in [6, 6.07) is 14.0. The molecule has 0 atom stereocenters. The highest BCUT2D eigenvalue weighted by Gasteiger charge is 2.38. The van der Waals surface area contributed by atoms with Gasteiger partial charge in [0.2, 0.25) is 5.91 Å². The summed E-state index contributed by atoms with van der Waals surface area (Å²) >= 11 is 12.0. The van der Waals surface area contributed by atoms with Gasteiger partial charge in [0.15, 0.2) is 0 Å². The highest BCUT2D eigenvalue weighted by atomic mass is 35.5. The van der Waals surface area contributed by atoms with Crippen molar-refractivity contribution in [2.45, 2.75) is 19.3 Å². The smallest absolute Gasteiger partial charge is 0.253 e. The Morgan fingerprint density at radius 2 is 1.68 bits per heavy atom. The number of piperidine rings is 1. The van der Waals surface area contributed by atoms with Crippen LogP contribution in [0.25, 0.3) is 0 Å². The molecule has 0 bridgehead atoms. The fraction of sp³-hybridized carbons (Fsp3) is 0.333. The van der Waals surface area contributed by atoms with Crippen molar-refractivity contribution in [2.75, 3.05) is 19.7 Å². The third kappa shape index (κ3) is 5.18. The summed E-state index contributed by atoms with van der Waals surface area (Å²) < 4.78 is 5.91. The number of nitrogens with two attached hydrogens (primary N) is 1. The molecule has 1 fully saturated rings. The topological polar surface area (TPSA) is 72.6 Å². The number of carbonyl (C=O) groups excluding carboxylic acids is 2. The Bertz CT molecular complexity index is 864. The van der Waals surface area contributed by atoms with Gasteiger partial charge in [-0.1, -0.05) is 35.3 Å². The fourth-order valence-electron chi connectivity index (χ4n) is 3.52. The fourth-order valence-corrected chi connectivity index (χ4v) is 3.89. The van der Waals surface area contributed by atoms with E-state index in [0.29, 0.717) is 53.9 Å². The average molecular weight is 421 g/mol. The van der Waals surface area contributed by atoms with E-state index in [2.05, 4.69) is 0 Å². The van der Waals surface area contributed by atoms with E-state index in [4.69, 9.17) is 33.7 Å². The number of likely N-dealkylation sites (tertiary alicyclic amines) is 1. The SMILES string of the molecule is NC(=O)CC1(COc2cccc(Cl)c2)CCN(C(=O)c2cccc(Cl)c2)CC1. The van der Waals surface area contributed by atoms with Crippen LogP contribution in [-0.2, 0) is 4.79 Å². The number of primary amides is 1. The van der Waals surface area contributed by atoms with Gasteiger partial charge in [-0.05, 0) is 49.2 Å². The van der Waals surface area contributed by atoms with Crippen molar-refractivity contribution in [3.8, 4) is 5.75 Å². The summed E-state index contributed by atoms with van der Waals surface area (Å²) in [7, 11) is 0. The number of amides is 2. The second-order valence-corrected chi connectivity index (χ2v) is 8.06. The molecule has 1 heterocycles. The lowest BCUT2D eigenvalue weighted by Gasteiger charge is -2.41. The van der Waals surface area contributed by atoms with Crippen molar-refractivity contribution in [1.29, 1.82) is 0 Å². The maximum Gasteiger partial charge on any atom is 0.253 e. The first kappa shape index (κ1) is 20.5. The molecule has 2 N–H and O–H groups in total. The van der Waals surface area contributed by atoms with Gasteiger partial charge in [-0.2, -0.15) is 0 Å². The average Bonchev–Trinajstić information content (AvgIpc) is 2.66. The van der Waals surface area contributed by atoms with Crippen molar-refractivity contribution in [3.63, 3.8) is 0 Å². The number of halogens is 2. The molecule has 0 radical (unpaired) electrons. The predicted molar refractivity (Wildman–Crippen MR) is 110 cm³/mol. The molecule has 0 aliphatic carbocycles. The quantitative estimate of drug-likeness (QED) is 0.761. The van der Waals surface area contributed by atoms with Crippen LogP contribution in [0.2, 0.25) is 10.0 Å². The lowest BCUT2D eigenvalue weighted by molar-refractivity contribution is -0.121. The minimum atomic E-state index is -0.404. The van der Waals surface area contributed by atoms with Crippen LogP contribution < -0.4 is 10.5 Å². The van der Waals surface area contributed by atoms with Gasteiger partial charge in [0, 0.05) is 40.5 Å². The molecule has 2 amide bonds. The second kappa shape index (κ2) is 8.84. The summed E-state index contributed by atoms with van der Waals surface area (Å²) in [6.45, 7) is 1.39. The number of hydrogen-bond acceptors (Lipinski definition) is 3. The van der Waals surface area contributed by atoms with Crippen molar-refractivity contribution in [3.05, 3.63) is 64.1 Å². The van der Waals surface area contributed by atoms with Gasteiger partial charge in [0.05, 0.1) is 6.61 Å². The minimum absolute atomic E-state index is 0.0639. The molecule has 1 aliphatic heterocycles. The number of hydrogen-bond donors (Lipinski definition) is 1. The molecular weight excluding hydrogens is 399 g/mol.